The van der Waals surface area contributed by atoms with Crippen LogP contribution in [0.3, 0.4) is 0 Å². The van der Waals surface area contributed by atoms with Gasteiger partial charge in [0.05, 0.1) is 0 Å². The van der Waals surface area contributed by atoms with Crippen LogP contribution in [0.25, 0.3) is 32.7 Å². The standard InChI is InChI=1S/C28H27O3PSe/c1-19(20-9-3-2-4-10-20)29-32(33)30-25-17-15-21-11-5-7-13-23(21)27(25)28-24-14-8-6-12-22(24)16-18-26(28)31-32/h5-8,11-20H,2-4,9-10H2,1H3. The Balaban J connectivity index is 1.54. The van der Waals surface area contributed by atoms with Gasteiger partial charge < -0.3 is 0 Å². The van der Waals surface area contributed by atoms with Gasteiger partial charge in [0.25, 0.3) is 0 Å². The van der Waals surface area contributed by atoms with Crippen LogP contribution in [0.4, 0.5) is 0 Å². The van der Waals surface area contributed by atoms with Crippen molar-refractivity contribution in [1.29, 1.82) is 0 Å². The Hall–Kier alpha value is -2.09. The van der Waals surface area contributed by atoms with E-state index >= 15 is 0 Å². The van der Waals surface area contributed by atoms with Gasteiger partial charge >= 0.3 is 203 Å². The van der Waals surface area contributed by atoms with E-state index in [-0.39, 0.29) is 6.10 Å². The van der Waals surface area contributed by atoms with Gasteiger partial charge in [-0.15, -0.1) is 0 Å². The van der Waals surface area contributed by atoms with Crippen LogP contribution in [-0.2, 0) is 4.52 Å². The molecular weight excluding hydrogens is 494 g/mol. The molecule has 0 amide bonds. The summed E-state index contributed by atoms with van der Waals surface area (Å²) in [7, 11) is 0. The number of hydrogen-bond donors (Lipinski definition) is 0. The van der Waals surface area contributed by atoms with E-state index in [1.165, 1.54) is 42.9 Å². The first-order valence-electron chi connectivity index (χ1n) is 11.8. The van der Waals surface area contributed by atoms with Gasteiger partial charge in [-0.1, -0.05) is 0 Å². The van der Waals surface area contributed by atoms with E-state index in [1.807, 2.05) is 0 Å². The molecule has 4 aromatic carbocycles. The van der Waals surface area contributed by atoms with E-state index in [0.29, 0.717) is 5.92 Å². The molecule has 0 saturated heterocycles. The molecule has 1 aliphatic heterocycles. The van der Waals surface area contributed by atoms with Crippen LogP contribution >= 0.6 is 6.19 Å². The summed E-state index contributed by atoms with van der Waals surface area (Å²) >= 11 is 3.22. The molecule has 0 spiro atoms. The van der Waals surface area contributed by atoms with Gasteiger partial charge in [-0.25, -0.2) is 0 Å². The molecule has 0 bridgehead atoms. The molecule has 2 aliphatic rings. The normalized spacial score (nSPS) is 18.6. The van der Waals surface area contributed by atoms with E-state index in [2.05, 4.69) is 94.8 Å². The molecule has 4 aromatic rings. The van der Waals surface area contributed by atoms with Crippen molar-refractivity contribution in [3.63, 3.8) is 0 Å². The zero-order valence-electron chi connectivity index (χ0n) is 18.7. The Bertz CT molecular complexity index is 1300. The van der Waals surface area contributed by atoms with Crippen LogP contribution in [0.5, 0.6) is 11.5 Å². The summed E-state index contributed by atoms with van der Waals surface area (Å²) in [5.41, 5.74) is 2.15. The minimum absolute atomic E-state index is 0.0748. The van der Waals surface area contributed by atoms with Gasteiger partial charge in [0, 0.05) is 0 Å². The van der Waals surface area contributed by atoms with Crippen molar-refractivity contribution in [3.8, 4) is 22.6 Å². The Morgan fingerprint density at radius 2 is 1.27 bits per heavy atom. The summed E-state index contributed by atoms with van der Waals surface area (Å²) in [4.78, 5) is 0. The van der Waals surface area contributed by atoms with Crippen molar-refractivity contribution in [2.75, 3.05) is 0 Å². The molecule has 1 saturated carbocycles. The Morgan fingerprint density at radius 1 is 0.758 bits per heavy atom. The fourth-order valence-corrected chi connectivity index (χ4v) is 8.72. The predicted octanol–water partition coefficient (Wildman–Crippen LogP) is 8.26. The number of hydrogen-bond acceptors (Lipinski definition) is 3. The summed E-state index contributed by atoms with van der Waals surface area (Å²) < 4.78 is 20.0. The molecule has 1 fully saturated rings. The molecule has 6 rings (SSSR count). The molecule has 5 heteroatoms. The SMILES string of the molecule is CC(OP1(=[Se])Oc2ccc3ccccc3c2-c2c(ccc3ccccc23)O1)C1CCCCC1. The molecule has 33 heavy (non-hydrogen) atoms. The van der Waals surface area contributed by atoms with Crippen LogP contribution in [0.2, 0.25) is 0 Å². The molecule has 1 atom stereocenters. The van der Waals surface area contributed by atoms with E-state index in [4.69, 9.17) is 13.6 Å². The first-order valence-corrected chi connectivity index (χ1v) is 15.6. The fourth-order valence-electron chi connectivity index (χ4n) is 5.37. The molecular formula is C28H27O3PSe. The van der Waals surface area contributed by atoms with Gasteiger partial charge in [0.2, 0.25) is 0 Å². The van der Waals surface area contributed by atoms with Gasteiger partial charge in [-0.05, 0) is 0 Å². The molecule has 1 heterocycles. The average Bonchev–Trinajstić information content (AvgIpc) is 2.98. The first kappa shape index (κ1) is 21.4. The van der Waals surface area contributed by atoms with Gasteiger partial charge in [0.1, 0.15) is 0 Å². The number of rotatable bonds is 3. The second kappa shape index (κ2) is 8.60. The van der Waals surface area contributed by atoms with E-state index in [9.17, 15) is 0 Å². The summed E-state index contributed by atoms with van der Waals surface area (Å²) in [6.45, 7) is 2.18. The van der Waals surface area contributed by atoms with Crippen molar-refractivity contribution in [2.45, 2.75) is 45.1 Å². The van der Waals surface area contributed by atoms with Crippen molar-refractivity contribution in [3.05, 3.63) is 72.8 Å². The van der Waals surface area contributed by atoms with Crippen molar-refractivity contribution < 1.29 is 13.6 Å². The van der Waals surface area contributed by atoms with Gasteiger partial charge in [-0.3, -0.25) is 0 Å². The van der Waals surface area contributed by atoms with Crippen molar-refractivity contribution in [2.24, 2.45) is 5.92 Å². The molecule has 0 N–H and O–H groups in total. The Morgan fingerprint density at radius 3 is 1.82 bits per heavy atom. The second-order valence-corrected chi connectivity index (χ2v) is 13.4. The average molecular weight is 521 g/mol. The van der Waals surface area contributed by atoms with Gasteiger partial charge in [-0.2, -0.15) is 0 Å². The molecule has 1 unspecified atom stereocenters. The zero-order valence-corrected chi connectivity index (χ0v) is 21.3. The minimum atomic E-state index is -2.78. The maximum absolute atomic E-state index is 6.66. The van der Waals surface area contributed by atoms with E-state index in [1.54, 1.807) is 0 Å². The molecule has 168 valence electrons. The Labute approximate surface area is 202 Å². The van der Waals surface area contributed by atoms with Crippen LogP contribution in [0, 0.1) is 5.92 Å². The molecule has 1 aliphatic carbocycles. The summed E-state index contributed by atoms with van der Waals surface area (Å²) in [6.07, 6.45) is 3.61. The third-order valence-corrected chi connectivity index (χ3v) is 9.97. The zero-order chi connectivity index (χ0) is 22.4. The van der Waals surface area contributed by atoms with Crippen LogP contribution in [0.15, 0.2) is 72.8 Å². The van der Waals surface area contributed by atoms with Crippen molar-refractivity contribution >= 4 is 42.8 Å². The van der Waals surface area contributed by atoms with E-state index in [0.717, 1.165) is 33.4 Å². The third kappa shape index (κ3) is 3.94. The van der Waals surface area contributed by atoms with Gasteiger partial charge in [0.15, 0.2) is 0 Å². The van der Waals surface area contributed by atoms with Crippen LogP contribution in [-0.4, -0.2) is 21.2 Å². The molecule has 0 radical (unpaired) electrons. The maximum atomic E-state index is 6.66. The number of fused-ring (bicyclic) bond motifs is 7. The summed E-state index contributed by atoms with van der Waals surface area (Å²) in [6, 6.07) is 25.3. The summed E-state index contributed by atoms with van der Waals surface area (Å²) in [5.74, 6) is 2.17. The topological polar surface area (TPSA) is 27.7 Å². The third-order valence-electron chi connectivity index (χ3n) is 7.06. The van der Waals surface area contributed by atoms with E-state index < -0.39 is 6.19 Å². The monoisotopic (exact) mass is 522 g/mol. The Kier molecular flexibility index (Phi) is 5.59. The summed E-state index contributed by atoms with van der Waals surface area (Å²) in [5, 5.41) is 4.68. The molecule has 3 nitrogen and oxygen atoms in total. The second-order valence-electron chi connectivity index (χ2n) is 9.16. The van der Waals surface area contributed by atoms with Crippen LogP contribution in [0.1, 0.15) is 39.0 Å². The van der Waals surface area contributed by atoms with Crippen LogP contribution < -0.4 is 9.05 Å². The van der Waals surface area contributed by atoms with Crippen molar-refractivity contribution in [1.82, 2.24) is 0 Å². The predicted molar refractivity (Wildman–Crippen MR) is 138 cm³/mol. The number of benzene rings is 4. The first-order chi connectivity index (χ1) is 16.1. The quantitative estimate of drug-likeness (QED) is 0.201. The molecule has 0 aromatic heterocycles. The fraction of sp³-hybridized carbons (Fsp3) is 0.286.